The smallest absolute Gasteiger partial charge is 0.481 e. The molecule has 1 N–H and O–H groups in total. The summed E-state index contributed by atoms with van der Waals surface area (Å²) in [6.07, 6.45) is -4.76. The zero-order chi connectivity index (χ0) is 15.5. The molecule has 0 spiro atoms. The molecule has 0 saturated heterocycles. The molecule has 0 atom stereocenters. The number of hydrogen-bond donors (Lipinski definition) is 1. The number of ether oxygens (including phenoxy) is 1. The van der Waals surface area contributed by atoms with Gasteiger partial charge in [0, 0.05) is 5.56 Å². The quantitative estimate of drug-likeness (QED) is 0.848. The minimum atomic E-state index is -4.76. The molecule has 2 rings (SSSR count). The summed E-state index contributed by atoms with van der Waals surface area (Å²) in [4.78, 5) is 10.4. The van der Waals surface area contributed by atoms with Crippen LogP contribution < -0.4 is 4.74 Å². The Balaban J connectivity index is 2.07. The van der Waals surface area contributed by atoms with Crippen molar-refractivity contribution in [2.75, 3.05) is 5.75 Å². The van der Waals surface area contributed by atoms with Crippen LogP contribution in [0.4, 0.5) is 13.2 Å². The number of aromatic nitrogens is 2. The van der Waals surface area contributed by atoms with Crippen LogP contribution in [0.15, 0.2) is 33.9 Å². The van der Waals surface area contributed by atoms with E-state index in [2.05, 4.69) is 14.9 Å². The summed E-state index contributed by atoms with van der Waals surface area (Å²) in [5.74, 6) is -1.57. The van der Waals surface area contributed by atoms with Crippen molar-refractivity contribution in [3.63, 3.8) is 0 Å². The summed E-state index contributed by atoms with van der Waals surface area (Å²) in [7, 11) is 0. The molecule has 2 aromatic rings. The van der Waals surface area contributed by atoms with E-state index in [1.807, 2.05) is 0 Å². The number of halogens is 3. The van der Waals surface area contributed by atoms with Gasteiger partial charge >= 0.3 is 12.3 Å². The first-order chi connectivity index (χ1) is 9.83. The molecule has 0 fully saturated rings. The Morgan fingerprint density at radius 3 is 2.52 bits per heavy atom. The van der Waals surface area contributed by atoms with Gasteiger partial charge in [-0.2, -0.15) is 0 Å². The molecule has 6 nitrogen and oxygen atoms in total. The van der Waals surface area contributed by atoms with Gasteiger partial charge in [0.15, 0.2) is 0 Å². The highest BCUT2D eigenvalue weighted by Crippen LogP contribution is 2.27. The van der Waals surface area contributed by atoms with Crippen LogP contribution >= 0.6 is 11.8 Å². The molecule has 0 saturated carbocycles. The summed E-state index contributed by atoms with van der Waals surface area (Å²) in [6.45, 7) is 0. The minimum Gasteiger partial charge on any atom is -0.481 e. The summed E-state index contributed by atoms with van der Waals surface area (Å²) in [5.41, 5.74) is 0.388. The van der Waals surface area contributed by atoms with Crippen molar-refractivity contribution in [3.05, 3.63) is 24.3 Å². The topological polar surface area (TPSA) is 85.5 Å². The predicted octanol–water partition coefficient (Wildman–Crippen LogP) is 2.81. The molecule has 0 radical (unpaired) electrons. The van der Waals surface area contributed by atoms with Gasteiger partial charge in [0.1, 0.15) is 11.5 Å². The van der Waals surface area contributed by atoms with Crippen LogP contribution in [0.3, 0.4) is 0 Å². The third-order valence-corrected chi connectivity index (χ3v) is 2.86. The summed E-state index contributed by atoms with van der Waals surface area (Å²) in [6, 6.07) is 4.86. The predicted molar refractivity (Wildman–Crippen MR) is 64.8 cm³/mol. The van der Waals surface area contributed by atoms with E-state index in [1.54, 1.807) is 0 Å². The SMILES string of the molecule is O=C(O)CSc1nnc(-c2ccc(OC(F)(F)F)cc2)o1. The van der Waals surface area contributed by atoms with Gasteiger partial charge in [0.2, 0.25) is 5.89 Å². The number of carboxylic acid groups (broad SMARTS) is 1. The lowest BCUT2D eigenvalue weighted by molar-refractivity contribution is -0.274. The average molecular weight is 320 g/mol. The molecule has 0 aliphatic carbocycles. The van der Waals surface area contributed by atoms with Gasteiger partial charge in [0.25, 0.3) is 5.22 Å². The van der Waals surface area contributed by atoms with Crippen LogP contribution in [0, 0.1) is 0 Å². The standard InChI is InChI=1S/C11H7F3N2O4S/c12-11(13,14)20-7-3-1-6(2-4-7)9-15-16-10(19-9)21-5-8(17)18/h1-4H,5H2,(H,17,18). The number of hydrogen-bond acceptors (Lipinski definition) is 6. The number of aliphatic carboxylic acids is 1. The lowest BCUT2D eigenvalue weighted by Crippen LogP contribution is -2.16. The van der Waals surface area contributed by atoms with Gasteiger partial charge in [-0.3, -0.25) is 4.79 Å². The Bertz CT molecular complexity index is 627. The maximum atomic E-state index is 12.0. The van der Waals surface area contributed by atoms with Gasteiger partial charge in [0.05, 0.1) is 0 Å². The number of rotatable bonds is 5. The first-order valence-electron chi connectivity index (χ1n) is 5.38. The third kappa shape index (κ3) is 4.67. The van der Waals surface area contributed by atoms with Gasteiger partial charge in [-0.25, -0.2) is 0 Å². The molecule has 0 amide bonds. The van der Waals surface area contributed by atoms with Gasteiger partial charge < -0.3 is 14.3 Å². The molecule has 21 heavy (non-hydrogen) atoms. The number of thioether (sulfide) groups is 1. The molecule has 0 aliphatic rings. The van der Waals surface area contributed by atoms with Gasteiger partial charge in [-0.15, -0.1) is 23.4 Å². The van der Waals surface area contributed by atoms with Gasteiger partial charge in [-0.1, -0.05) is 11.8 Å². The van der Waals surface area contributed by atoms with E-state index in [-0.39, 0.29) is 22.6 Å². The van der Waals surface area contributed by atoms with Crippen molar-refractivity contribution in [3.8, 4) is 17.2 Å². The van der Waals surface area contributed by atoms with Crippen LogP contribution in [-0.4, -0.2) is 33.4 Å². The molecule has 0 aliphatic heterocycles. The highest BCUT2D eigenvalue weighted by atomic mass is 32.2. The van der Waals surface area contributed by atoms with Crippen LogP contribution in [-0.2, 0) is 4.79 Å². The van der Waals surface area contributed by atoms with Crippen LogP contribution in [0.2, 0.25) is 0 Å². The maximum Gasteiger partial charge on any atom is 0.573 e. The molecule has 1 aromatic carbocycles. The van der Waals surface area contributed by atoms with Crippen molar-refractivity contribution in [2.24, 2.45) is 0 Å². The van der Waals surface area contributed by atoms with Crippen LogP contribution in [0.25, 0.3) is 11.5 Å². The number of carboxylic acids is 1. The zero-order valence-corrected chi connectivity index (χ0v) is 10.9. The average Bonchev–Trinajstić information content (AvgIpc) is 2.84. The van der Waals surface area contributed by atoms with Gasteiger partial charge in [-0.05, 0) is 24.3 Å². The molecule has 0 bridgehead atoms. The molecule has 10 heteroatoms. The largest absolute Gasteiger partial charge is 0.573 e. The summed E-state index contributed by atoms with van der Waals surface area (Å²) in [5, 5.41) is 15.9. The Morgan fingerprint density at radius 1 is 1.29 bits per heavy atom. The zero-order valence-electron chi connectivity index (χ0n) is 10.1. The van der Waals surface area contributed by atoms with Crippen LogP contribution in [0.5, 0.6) is 5.75 Å². The van der Waals surface area contributed by atoms with Crippen molar-refractivity contribution >= 4 is 17.7 Å². The Hall–Kier alpha value is -2.23. The lowest BCUT2D eigenvalue weighted by Gasteiger charge is -2.08. The summed E-state index contributed by atoms with van der Waals surface area (Å²) < 4.78 is 44.9. The molecular formula is C11H7F3N2O4S. The number of carbonyl (C=O) groups is 1. The molecule has 112 valence electrons. The number of benzene rings is 1. The molecule has 1 aromatic heterocycles. The van der Waals surface area contributed by atoms with E-state index in [4.69, 9.17) is 9.52 Å². The first kappa shape index (κ1) is 15.2. The third-order valence-electron chi connectivity index (χ3n) is 2.06. The number of alkyl halides is 3. The Kier molecular flexibility index (Phi) is 4.36. The highest BCUT2D eigenvalue weighted by Gasteiger charge is 2.31. The minimum absolute atomic E-state index is 0.0584. The van der Waals surface area contributed by atoms with Crippen molar-refractivity contribution < 1.29 is 32.2 Å². The van der Waals surface area contributed by atoms with E-state index < -0.39 is 12.3 Å². The first-order valence-corrected chi connectivity index (χ1v) is 6.36. The second-order valence-electron chi connectivity index (χ2n) is 3.63. The summed E-state index contributed by atoms with van der Waals surface area (Å²) >= 11 is 0.842. The molecular weight excluding hydrogens is 313 g/mol. The Morgan fingerprint density at radius 2 is 1.95 bits per heavy atom. The molecule has 1 heterocycles. The fourth-order valence-corrected chi connectivity index (χ4v) is 1.79. The van der Waals surface area contributed by atoms with E-state index in [0.29, 0.717) is 5.56 Å². The monoisotopic (exact) mass is 320 g/mol. The number of nitrogens with zero attached hydrogens (tertiary/aromatic N) is 2. The second-order valence-corrected chi connectivity index (χ2v) is 4.55. The van der Waals surface area contributed by atoms with E-state index in [9.17, 15) is 18.0 Å². The second kappa shape index (κ2) is 6.04. The van der Waals surface area contributed by atoms with E-state index >= 15 is 0 Å². The highest BCUT2D eigenvalue weighted by molar-refractivity contribution is 7.99. The van der Waals surface area contributed by atoms with E-state index in [1.165, 1.54) is 12.1 Å². The Labute approximate surface area is 119 Å². The molecule has 0 unspecified atom stereocenters. The fraction of sp³-hybridized carbons (Fsp3) is 0.182. The van der Waals surface area contributed by atoms with E-state index in [0.717, 1.165) is 23.9 Å². The maximum absolute atomic E-state index is 12.0. The van der Waals surface area contributed by atoms with Crippen molar-refractivity contribution in [1.29, 1.82) is 0 Å². The normalized spacial score (nSPS) is 11.4. The van der Waals surface area contributed by atoms with Crippen molar-refractivity contribution in [2.45, 2.75) is 11.6 Å². The lowest BCUT2D eigenvalue weighted by atomic mass is 10.2. The van der Waals surface area contributed by atoms with Crippen molar-refractivity contribution in [1.82, 2.24) is 10.2 Å². The fourth-order valence-electron chi connectivity index (χ4n) is 1.31. The van der Waals surface area contributed by atoms with Crippen LogP contribution in [0.1, 0.15) is 0 Å².